The first-order valence-electron chi connectivity index (χ1n) is 4.23. The Morgan fingerprint density at radius 3 is 2.08 bits per heavy atom. The Morgan fingerprint density at radius 2 is 1.75 bits per heavy atom. The third kappa shape index (κ3) is 0.573. The maximum Gasteiger partial charge on any atom is 0.509 e. The van der Waals surface area contributed by atoms with Crippen LogP contribution in [0.25, 0.3) is 0 Å². The number of hydrogen-bond donors (Lipinski definition) is 0. The van der Waals surface area contributed by atoms with Crippen LogP contribution in [-0.4, -0.2) is 17.4 Å². The fraction of sp³-hybridized carbons (Fsp3) is 0.889. The van der Waals surface area contributed by atoms with Gasteiger partial charge in [0, 0.05) is 11.8 Å². The molecular weight excluding hydrogens is 156 g/mol. The average molecular weight is 170 g/mol. The minimum Gasteiger partial charge on any atom is -0.424 e. The maximum absolute atomic E-state index is 11.0. The molecular formula is C9H14O3. The van der Waals surface area contributed by atoms with Crippen molar-refractivity contribution < 1.29 is 14.3 Å². The number of rotatable bonds is 0. The predicted octanol–water partition coefficient (Wildman–Crippen LogP) is 2.10. The Morgan fingerprint density at radius 1 is 1.17 bits per heavy atom. The van der Waals surface area contributed by atoms with Gasteiger partial charge in [-0.25, -0.2) is 4.79 Å². The lowest BCUT2D eigenvalue weighted by Crippen LogP contribution is -2.68. The fourth-order valence-corrected chi connectivity index (χ4v) is 2.54. The van der Waals surface area contributed by atoms with Crippen LogP contribution in [0, 0.1) is 5.41 Å². The van der Waals surface area contributed by atoms with Crippen LogP contribution in [0.4, 0.5) is 4.79 Å². The van der Waals surface area contributed by atoms with Gasteiger partial charge in [-0.2, -0.15) is 0 Å². The van der Waals surface area contributed by atoms with E-state index in [0.29, 0.717) is 0 Å². The zero-order valence-corrected chi connectivity index (χ0v) is 7.93. The fourth-order valence-electron chi connectivity index (χ4n) is 2.54. The topological polar surface area (TPSA) is 35.5 Å². The van der Waals surface area contributed by atoms with Crippen molar-refractivity contribution >= 4 is 6.16 Å². The van der Waals surface area contributed by atoms with E-state index >= 15 is 0 Å². The maximum atomic E-state index is 11.0. The lowest BCUT2D eigenvalue weighted by Gasteiger charge is -2.58. The summed E-state index contributed by atoms with van der Waals surface area (Å²) in [5.74, 6) is 0. The van der Waals surface area contributed by atoms with Crippen molar-refractivity contribution in [1.29, 1.82) is 0 Å². The Labute approximate surface area is 72.0 Å². The smallest absolute Gasteiger partial charge is 0.424 e. The third-order valence-electron chi connectivity index (χ3n) is 3.68. The lowest BCUT2D eigenvalue weighted by molar-refractivity contribution is -0.208. The van der Waals surface area contributed by atoms with Crippen LogP contribution in [0.3, 0.4) is 0 Å². The van der Waals surface area contributed by atoms with Gasteiger partial charge in [-0.15, -0.1) is 0 Å². The monoisotopic (exact) mass is 170 g/mol. The first-order chi connectivity index (χ1) is 5.31. The van der Waals surface area contributed by atoms with Crippen LogP contribution in [0.2, 0.25) is 0 Å². The van der Waals surface area contributed by atoms with Crippen molar-refractivity contribution in [2.45, 2.75) is 45.3 Å². The van der Waals surface area contributed by atoms with E-state index in [9.17, 15) is 4.79 Å². The number of carbonyl (C=O) groups is 1. The van der Waals surface area contributed by atoms with Gasteiger partial charge in [0.25, 0.3) is 0 Å². The van der Waals surface area contributed by atoms with Gasteiger partial charge in [0.15, 0.2) is 11.2 Å². The molecule has 1 aliphatic heterocycles. The van der Waals surface area contributed by atoms with Crippen molar-refractivity contribution in [2.24, 2.45) is 5.41 Å². The highest BCUT2D eigenvalue weighted by Crippen LogP contribution is 2.63. The first-order valence-corrected chi connectivity index (χ1v) is 4.23. The Hall–Kier alpha value is -0.730. The van der Waals surface area contributed by atoms with Crippen LogP contribution in [0.15, 0.2) is 0 Å². The molecule has 0 bridgehead atoms. The van der Waals surface area contributed by atoms with Gasteiger partial charge in [-0.05, 0) is 13.8 Å². The summed E-state index contributed by atoms with van der Waals surface area (Å²) in [7, 11) is 0. The quantitative estimate of drug-likeness (QED) is 0.522. The summed E-state index contributed by atoms with van der Waals surface area (Å²) < 4.78 is 10.3. The van der Waals surface area contributed by atoms with Crippen LogP contribution < -0.4 is 0 Å². The zero-order valence-electron chi connectivity index (χ0n) is 7.93. The van der Waals surface area contributed by atoms with Gasteiger partial charge in [0.05, 0.1) is 0 Å². The number of carbonyl (C=O) groups excluding carboxylic acids is 1. The molecule has 0 N–H and O–H groups in total. The molecule has 68 valence electrons. The molecule has 2 unspecified atom stereocenters. The highest BCUT2D eigenvalue weighted by molar-refractivity contribution is 5.66. The Balaban J connectivity index is 2.38. The SMILES string of the molecule is CC1(C)CC2(C)OC(=O)OC12C. The molecule has 1 saturated carbocycles. The van der Waals surface area contributed by atoms with E-state index < -0.39 is 17.4 Å². The van der Waals surface area contributed by atoms with Crippen LogP contribution in [0.1, 0.15) is 34.1 Å². The van der Waals surface area contributed by atoms with E-state index in [-0.39, 0.29) is 5.41 Å². The molecule has 2 aliphatic rings. The van der Waals surface area contributed by atoms with Crippen molar-refractivity contribution in [2.75, 3.05) is 0 Å². The van der Waals surface area contributed by atoms with Gasteiger partial charge >= 0.3 is 6.16 Å². The second-order valence-electron chi connectivity index (χ2n) is 4.78. The molecule has 1 aliphatic carbocycles. The van der Waals surface area contributed by atoms with Gasteiger partial charge < -0.3 is 9.47 Å². The normalized spacial score (nSPS) is 48.8. The van der Waals surface area contributed by atoms with E-state index in [4.69, 9.17) is 9.47 Å². The summed E-state index contributed by atoms with van der Waals surface area (Å²) in [5.41, 5.74) is -0.793. The molecule has 2 fully saturated rings. The van der Waals surface area contributed by atoms with Gasteiger partial charge in [-0.1, -0.05) is 13.8 Å². The summed E-state index contributed by atoms with van der Waals surface area (Å²) in [5, 5.41) is 0. The summed E-state index contributed by atoms with van der Waals surface area (Å²) in [6, 6.07) is 0. The molecule has 1 heterocycles. The molecule has 3 heteroatoms. The molecule has 0 aromatic rings. The van der Waals surface area contributed by atoms with Crippen molar-refractivity contribution in [3.05, 3.63) is 0 Å². The summed E-state index contributed by atoms with van der Waals surface area (Å²) in [6.45, 7) is 8.07. The zero-order chi connectivity index (χ0) is 9.20. The molecule has 1 saturated heterocycles. The minimum atomic E-state index is -0.523. The molecule has 0 aromatic heterocycles. The number of hydrogen-bond acceptors (Lipinski definition) is 3. The van der Waals surface area contributed by atoms with E-state index in [2.05, 4.69) is 13.8 Å². The predicted molar refractivity (Wildman–Crippen MR) is 42.8 cm³/mol. The second kappa shape index (κ2) is 1.63. The first kappa shape index (κ1) is 7.90. The van der Waals surface area contributed by atoms with Crippen LogP contribution in [0.5, 0.6) is 0 Å². The lowest BCUT2D eigenvalue weighted by atomic mass is 9.51. The molecule has 0 amide bonds. The van der Waals surface area contributed by atoms with Crippen molar-refractivity contribution in [3.8, 4) is 0 Å². The van der Waals surface area contributed by atoms with E-state index in [1.807, 2.05) is 13.8 Å². The highest BCUT2D eigenvalue weighted by Gasteiger charge is 2.74. The standard InChI is InChI=1S/C9H14O3/c1-7(2)5-8(3)9(7,4)12-6(10)11-8/h5H2,1-4H3. The molecule has 0 spiro atoms. The largest absolute Gasteiger partial charge is 0.509 e. The van der Waals surface area contributed by atoms with E-state index in [0.717, 1.165) is 6.42 Å². The van der Waals surface area contributed by atoms with Gasteiger partial charge in [0.1, 0.15) is 0 Å². The molecule has 12 heavy (non-hydrogen) atoms. The molecule has 3 nitrogen and oxygen atoms in total. The summed E-state index contributed by atoms with van der Waals surface area (Å²) >= 11 is 0. The van der Waals surface area contributed by atoms with Gasteiger partial charge in [0.2, 0.25) is 0 Å². The van der Waals surface area contributed by atoms with Gasteiger partial charge in [-0.3, -0.25) is 0 Å². The summed E-state index contributed by atoms with van der Waals surface area (Å²) in [6.07, 6.45) is 0.355. The van der Waals surface area contributed by atoms with E-state index in [1.54, 1.807) is 0 Å². The van der Waals surface area contributed by atoms with Crippen LogP contribution >= 0.6 is 0 Å². The molecule has 0 radical (unpaired) electrons. The number of ether oxygens (including phenoxy) is 2. The van der Waals surface area contributed by atoms with Crippen molar-refractivity contribution in [1.82, 2.24) is 0 Å². The number of fused-ring (bicyclic) bond motifs is 1. The summed E-state index contributed by atoms with van der Waals surface area (Å²) in [4.78, 5) is 11.0. The highest BCUT2D eigenvalue weighted by atomic mass is 16.8. The second-order valence-corrected chi connectivity index (χ2v) is 4.78. The Kier molecular flexibility index (Phi) is 1.07. The minimum absolute atomic E-state index is 0.0356. The van der Waals surface area contributed by atoms with Crippen LogP contribution in [-0.2, 0) is 9.47 Å². The van der Waals surface area contributed by atoms with E-state index in [1.165, 1.54) is 0 Å². The third-order valence-corrected chi connectivity index (χ3v) is 3.68. The molecule has 2 atom stereocenters. The van der Waals surface area contributed by atoms with Crippen molar-refractivity contribution in [3.63, 3.8) is 0 Å². The Bertz CT molecular complexity index is 258. The molecule has 0 aromatic carbocycles. The molecule has 2 rings (SSSR count). The average Bonchev–Trinajstić information content (AvgIpc) is 2.00.